The Labute approximate surface area is 134 Å². The number of para-hydroxylation sites is 1. The highest BCUT2D eigenvalue weighted by molar-refractivity contribution is 5.94. The number of benzene rings is 1. The quantitative estimate of drug-likeness (QED) is 0.761. The Morgan fingerprint density at radius 2 is 2.25 bits per heavy atom. The number of H-pyrrole nitrogens is 1. The summed E-state index contributed by atoms with van der Waals surface area (Å²) in [6, 6.07) is 5.31. The third-order valence-corrected chi connectivity index (χ3v) is 3.88. The fraction of sp³-hybridized carbons (Fsp3) is 0.250. The summed E-state index contributed by atoms with van der Waals surface area (Å²) >= 11 is 0. The van der Waals surface area contributed by atoms with Crippen LogP contribution in [0.4, 0.5) is 4.39 Å². The number of aromatic amines is 1. The van der Waals surface area contributed by atoms with Gasteiger partial charge in [0.15, 0.2) is 11.3 Å². The number of hydrogen-bond acceptors (Lipinski definition) is 5. The van der Waals surface area contributed by atoms with E-state index >= 15 is 0 Å². The molecule has 122 valence electrons. The van der Waals surface area contributed by atoms with Crippen molar-refractivity contribution in [1.29, 1.82) is 0 Å². The van der Waals surface area contributed by atoms with Crippen molar-refractivity contribution in [2.24, 2.45) is 0 Å². The second-order valence-electron chi connectivity index (χ2n) is 5.72. The van der Waals surface area contributed by atoms with Gasteiger partial charge >= 0.3 is 0 Å². The average Bonchev–Trinajstić information content (AvgIpc) is 3.32. The number of rotatable bonds is 4. The monoisotopic (exact) mass is 328 g/mol. The molecule has 7 nitrogen and oxygen atoms in total. The molecule has 2 heterocycles. The Morgan fingerprint density at radius 1 is 1.42 bits per heavy atom. The van der Waals surface area contributed by atoms with Crippen molar-refractivity contribution in [3.05, 3.63) is 57.7 Å². The van der Waals surface area contributed by atoms with E-state index < -0.39 is 17.2 Å². The third kappa shape index (κ3) is 2.66. The third-order valence-electron chi connectivity index (χ3n) is 3.88. The average molecular weight is 328 g/mol. The molecule has 0 radical (unpaired) electrons. The predicted octanol–water partition coefficient (Wildman–Crippen LogP) is 1.86. The van der Waals surface area contributed by atoms with Gasteiger partial charge < -0.3 is 14.8 Å². The maximum Gasteiger partial charge on any atom is 0.268 e. The molecular weight excluding hydrogens is 315 g/mol. The van der Waals surface area contributed by atoms with E-state index in [0.29, 0.717) is 17.6 Å². The van der Waals surface area contributed by atoms with E-state index in [0.717, 1.165) is 18.9 Å². The van der Waals surface area contributed by atoms with Gasteiger partial charge in [-0.3, -0.25) is 9.59 Å². The number of carbonyl (C=O) groups excluding carboxylic acids is 1. The molecule has 0 aliphatic heterocycles. The predicted molar refractivity (Wildman–Crippen MR) is 82.0 cm³/mol. The Balaban J connectivity index is 1.54. The first-order chi connectivity index (χ1) is 11.6. The molecule has 24 heavy (non-hydrogen) atoms. The van der Waals surface area contributed by atoms with Gasteiger partial charge in [-0.1, -0.05) is 11.2 Å². The highest BCUT2D eigenvalue weighted by atomic mass is 19.1. The number of hydrogen-bond donors (Lipinski definition) is 2. The van der Waals surface area contributed by atoms with Crippen molar-refractivity contribution < 1.29 is 13.7 Å². The van der Waals surface area contributed by atoms with Gasteiger partial charge in [-0.2, -0.15) is 4.98 Å². The summed E-state index contributed by atoms with van der Waals surface area (Å²) in [5.74, 6) is 0.142. The van der Waals surface area contributed by atoms with Gasteiger partial charge in [0.25, 0.3) is 5.91 Å². The van der Waals surface area contributed by atoms with Crippen LogP contribution in [0, 0.1) is 5.82 Å². The van der Waals surface area contributed by atoms with Gasteiger partial charge in [0.1, 0.15) is 11.5 Å². The molecule has 0 atom stereocenters. The highest BCUT2D eigenvalue weighted by Crippen LogP contribution is 2.38. The lowest BCUT2D eigenvalue weighted by Gasteiger charge is -2.05. The van der Waals surface area contributed by atoms with Gasteiger partial charge in [-0.25, -0.2) is 4.39 Å². The number of carbonyl (C=O) groups is 1. The van der Waals surface area contributed by atoms with Crippen molar-refractivity contribution in [3.63, 3.8) is 0 Å². The van der Waals surface area contributed by atoms with E-state index in [4.69, 9.17) is 4.52 Å². The Kier molecular flexibility index (Phi) is 3.37. The van der Waals surface area contributed by atoms with Crippen molar-refractivity contribution >= 4 is 16.8 Å². The summed E-state index contributed by atoms with van der Waals surface area (Å²) in [6.07, 6.45) is 2.08. The van der Waals surface area contributed by atoms with Crippen LogP contribution in [0.15, 0.2) is 33.6 Å². The molecule has 1 saturated carbocycles. The van der Waals surface area contributed by atoms with Gasteiger partial charge in [0.2, 0.25) is 5.89 Å². The molecule has 3 aromatic rings. The molecule has 0 spiro atoms. The number of amides is 1. The summed E-state index contributed by atoms with van der Waals surface area (Å²) < 4.78 is 18.9. The summed E-state index contributed by atoms with van der Waals surface area (Å²) in [4.78, 5) is 31.0. The van der Waals surface area contributed by atoms with Crippen LogP contribution in [0.2, 0.25) is 0 Å². The van der Waals surface area contributed by atoms with E-state index in [-0.39, 0.29) is 23.1 Å². The minimum absolute atomic E-state index is 0.00531. The molecule has 2 aromatic heterocycles. The molecular formula is C16H13FN4O3. The molecule has 1 amide bonds. The first-order valence-electron chi connectivity index (χ1n) is 7.54. The number of fused-ring (bicyclic) bond motifs is 1. The first kappa shape index (κ1) is 14.6. The smallest absolute Gasteiger partial charge is 0.268 e. The summed E-state index contributed by atoms with van der Waals surface area (Å²) in [5, 5.41) is 6.57. The van der Waals surface area contributed by atoms with Crippen LogP contribution in [-0.4, -0.2) is 21.0 Å². The molecule has 2 N–H and O–H groups in total. The lowest BCUT2D eigenvalue weighted by Crippen LogP contribution is -2.25. The summed E-state index contributed by atoms with van der Waals surface area (Å²) in [5.41, 5.74) is -0.446. The van der Waals surface area contributed by atoms with E-state index in [1.807, 2.05) is 0 Å². The van der Waals surface area contributed by atoms with Gasteiger partial charge in [0.05, 0.1) is 12.1 Å². The van der Waals surface area contributed by atoms with E-state index in [2.05, 4.69) is 20.4 Å². The van der Waals surface area contributed by atoms with Crippen molar-refractivity contribution in [3.8, 4) is 0 Å². The SMILES string of the molecule is O=C(NCc1noc(C2CC2)n1)c1cc(=O)c2cccc(F)c2[nH]1. The van der Waals surface area contributed by atoms with Crippen molar-refractivity contribution in [2.45, 2.75) is 25.3 Å². The number of nitrogens with zero attached hydrogens (tertiary/aromatic N) is 2. The fourth-order valence-corrected chi connectivity index (χ4v) is 2.45. The van der Waals surface area contributed by atoms with Gasteiger partial charge in [-0.15, -0.1) is 0 Å². The normalized spacial score (nSPS) is 14.0. The lowest BCUT2D eigenvalue weighted by atomic mass is 10.2. The van der Waals surface area contributed by atoms with Crippen LogP contribution in [0.25, 0.3) is 10.9 Å². The molecule has 0 bridgehead atoms. The molecule has 1 aliphatic carbocycles. The Hall–Kier alpha value is -3.03. The molecule has 0 saturated heterocycles. The van der Waals surface area contributed by atoms with Crippen LogP contribution in [0.5, 0.6) is 0 Å². The number of nitrogens with one attached hydrogen (secondary N) is 2. The zero-order chi connectivity index (χ0) is 16.7. The first-order valence-corrected chi connectivity index (χ1v) is 7.54. The zero-order valence-corrected chi connectivity index (χ0v) is 12.5. The van der Waals surface area contributed by atoms with Crippen LogP contribution in [-0.2, 0) is 6.54 Å². The van der Waals surface area contributed by atoms with Crippen molar-refractivity contribution in [2.75, 3.05) is 0 Å². The molecule has 0 unspecified atom stereocenters. The number of halogens is 1. The van der Waals surface area contributed by atoms with Crippen molar-refractivity contribution in [1.82, 2.24) is 20.4 Å². The van der Waals surface area contributed by atoms with E-state index in [9.17, 15) is 14.0 Å². The zero-order valence-electron chi connectivity index (χ0n) is 12.5. The van der Waals surface area contributed by atoms with E-state index in [1.54, 1.807) is 0 Å². The standard InChI is InChI=1S/C16H13FN4O3/c17-10-3-1-2-9-12(22)6-11(19-14(9)10)15(23)18-7-13-20-16(24-21-13)8-4-5-8/h1-3,6,8H,4-5,7H2,(H,18,23)(H,19,22). The molecule has 1 aromatic carbocycles. The van der Waals surface area contributed by atoms with Gasteiger partial charge in [0, 0.05) is 17.4 Å². The molecule has 4 rings (SSSR count). The minimum Gasteiger partial charge on any atom is -0.348 e. The minimum atomic E-state index is -0.591. The van der Waals surface area contributed by atoms with Gasteiger partial charge in [-0.05, 0) is 25.0 Å². The second-order valence-corrected chi connectivity index (χ2v) is 5.72. The van der Waals surface area contributed by atoms with Crippen LogP contribution >= 0.6 is 0 Å². The number of pyridine rings is 1. The Bertz CT molecular complexity index is 990. The molecule has 1 aliphatic rings. The maximum absolute atomic E-state index is 13.8. The Morgan fingerprint density at radius 3 is 3.04 bits per heavy atom. The molecule has 1 fully saturated rings. The topological polar surface area (TPSA) is 101 Å². The fourth-order valence-electron chi connectivity index (χ4n) is 2.45. The van der Waals surface area contributed by atoms with Crippen LogP contribution < -0.4 is 10.7 Å². The summed E-state index contributed by atoms with van der Waals surface area (Å²) in [6.45, 7) is 0.0619. The summed E-state index contributed by atoms with van der Waals surface area (Å²) in [7, 11) is 0. The highest BCUT2D eigenvalue weighted by Gasteiger charge is 2.29. The van der Waals surface area contributed by atoms with E-state index in [1.165, 1.54) is 18.2 Å². The second kappa shape index (κ2) is 5.55. The largest absolute Gasteiger partial charge is 0.348 e. The van der Waals surface area contributed by atoms with Crippen LogP contribution in [0.3, 0.4) is 0 Å². The van der Waals surface area contributed by atoms with Crippen LogP contribution in [0.1, 0.15) is 41.0 Å². The maximum atomic E-state index is 13.8. The lowest BCUT2D eigenvalue weighted by molar-refractivity contribution is 0.0945. The molecule has 8 heteroatoms. The number of aromatic nitrogens is 3.